The Balaban J connectivity index is 3.22. The molecular formula is C14H15NO. The maximum Gasteiger partial charge on any atom is 0.228 e. The lowest BCUT2D eigenvalue weighted by molar-refractivity contribution is -0.116. The molecule has 1 aromatic rings. The molecule has 1 aromatic carbocycles. The fourth-order valence-electron chi connectivity index (χ4n) is 1.50. The molecule has 0 bridgehead atoms. The van der Waals surface area contributed by atoms with E-state index in [0.717, 1.165) is 17.7 Å². The van der Waals surface area contributed by atoms with E-state index in [2.05, 4.69) is 18.9 Å². The molecule has 16 heavy (non-hydrogen) atoms. The van der Waals surface area contributed by atoms with Gasteiger partial charge in [-0.3, -0.25) is 9.69 Å². The van der Waals surface area contributed by atoms with Gasteiger partial charge in [0.25, 0.3) is 0 Å². The van der Waals surface area contributed by atoms with E-state index in [-0.39, 0.29) is 5.91 Å². The molecule has 0 saturated carbocycles. The van der Waals surface area contributed by atoms with Gasteiger partial charge in [0.1, 0.15) is 0 Å². The number of amides is 1. The van der Waals surface area contributed by atoms with E-state index >= 15 is 0 Å². The van der Waals surface area contributed by atoms with Gasteiger partial charge in [-0.05, 0) is 18.1 Å². The second kappa shape index (κ2) is 5.74. The first-order valence-corrected chi connectivity index (χ1v) is 5.05. The third-order valence-electron chi connectivity index (χ3n) is 2.18. The fourth-order valence-corrected chi connectivity index (χ4v) is 1.50. The van der Waals surface area contributed by atoms with E-state index in [1.54, 1.807) is 6.20 Å². The Bertz CT molecular complexity index is 440. The van der Waals surface area contributed by atoms with Crippen molar-refractivity contribution in [2.75, 3.05) is 4.90 Å². The topological polar surface area (TPSA) is 20.3 Å². The number of para-hydroxylation sites is 1. The summed E-state index contributed by atoms with van der Waals surface area (Å²) in [6.45, 7) is 8.71. The summed E-state index contributed by atoms with van der Waals surface area (Å²) in [6.07, 6.45) is 4.09. The highest BCUT2D eigenvalue weighted by molar-refractivity contribution is 5.94. The van der Waals surface area contributed by atoms with Crippen LogP contribution in [0.15, 0.2) is 55.4 Å². The molecule has 0 aliphatic heterocycles. The average molecular weight is 213 g/mol. The van der Waals surface area contributed by atoms with Gasteiger partial charge in [0.2, 0.25) is 5.91 Å². The first-order valence-electron chi connectivity index (χ1n) is 5.05. The molecule has 0 saturated heterocycles. The summed E-state index contributed by atoms with van der Waals surface area (Å²) in [5.74, 6) is -0.0623. The minimum absolute atomic E-state index is 0.0623. The molecule has 0 atom stereocenters. The zero-order valence-electron chi connectivity index (χ0n) is 9.44. The van der Waals surface area contributed by atoms with Gasteiger partial charge in [-0.15, -0.1) is 12.3 Å². The van der Waals surface area contributed by atoms with Gasteiger partial charge in [0.05, 0.1) is 11.9 Å². The molecular weight excluding hydrogens is 198 g/mol. The molecule has 1 amide bonds. The molecule has 2 heteroatoms. The number of anilines is 1. The number of hydrogen-bond acceptors (Lipinski definition) is 1. The summed E-state index contributed by atoms with van der Waals surface area (Å²) in [5.41, 5.74) is 4.53. The standard InChI is InChI=1S/C14H15NO/c1-4-8-13-9-6-7-10-14(13)15(11-5-2)12(3)16/h4,6-7,9-11H,1-2,8H2,3H3. The number of benzene rings is 1. The number of carbonyl (C=O) groups excluding carboxylic acids is 1. The Morgan fingerprint density at radius 1 is 1.50 bits per heavy atom. The third-order valence-corrected chi connectivity index (χ3v) is 2.18. The quantitative estimate of drug-likeness (QED) is 0.556. The highest BCUT2D eigenvalue weighted by atomic mass is 16.2. The van der Waals surface area contributed by atoms with Gasteiger partial charge < -0.3 is 0 Å². The lowest BCUT2D eigenvalue weighted by atomic mass is 10.1. The molecule has 2 nitrogen and oxygen atoms in total. The van der Waals surface area contributed by atoms with Crippen LogP contribution < -0.4 is 4.90 Å². The van der Waals surface area contributed by atoms with Crippen molar-refractivity contribution in [1.82, 2.24) is 0 Å². The monoisotopic (exact) mass is 213 g/mol. The summed E-state index contributed by atoms with van der Waals surface area (Å²) < 4.78 is 0. The maximum absolute atomic E-state index is 11.5. The van der Waals surface area contributed by atoms with Gasteiger partial charge in [0.15, 0.2) is 0 Å². The van der Waals surface area contributed by atoms with Crippen molar-refractivity contribution in [2.45, 2.75) is 13.3 Å². The van der Waals surface area contributed by atoms with Gasteiger partial charge >= 0.3 is 0 Å². The lowest BCUT2D eigenvalue weighted by Crippen LogP contribution is -2.22. The minimum atomic E-state index is -0.0623. The largest absolute Gasteiger partial charge is 0.281 e. The second-order valence-corrected chi connectivity index (χ2v) is 3.34. The minimum Gasteiger partial charge on any atom is -0.281 e. The highest BCUT2D eigenvalue weighted by Gasteiger charge is 2.11. The van der Waals surface area contributed by atoms with Gasteiger partial charge in [-0.25, -0.2) is 0 Å². The van der Waals surface area contributed by atoms with Crippen LogP contribution in [0.25, 0.3) is 0 Å². The van der Waals surface area contributed by atoms with Crippen molar-refractivity contribution in [3.05, 3.63) is 61.0 Å². The number of hydrogen-bond donors (Lipinski definition) is 0. The smallest absolute Gasteiger partial charge is 0.228 e. The molecule has 0 spiro atoms. The fraction of sp³-hybridized carbons (Fsp3) is 0.143. The van der Waals surface area contributed by atoms with E-state index in [0.29, 0.717) is 0 Å². The molecule has 0 aromatic heterocycles. The SMILES string of the molecule is C=C=CN(C(C)=O)c1ccccc1CC=C. The second-order valence-electron chi connectivity index (χ2n) is 3.34. The molecule has 0 radical (unpaired) electrons. The maximum atomic E-state index is 11.5. The zero-order valence-corrected chi connectivity index (χ0v) is 9.44. The van der Waals surface area contributed by atoms with Crippen molar-refractivity contribution >= 4 is 11.6 Å². The summed E-state index contributed by atoms with van der Waals surface area (Å²) in [5, 5.41) is 0. The Morgan fingerprint density at radius 3 is 2.75 bits per heavy atom. The molecule has 0 aliphatic rings. The molecule has 0 heterocycles. The Morgan fingerprint density at radius 2 is 2.19 bits per heavy atom. The summed E-state index contributed by atoms with van der Waals surface area (Å²) in [6, 6.07) is 7.71. The van der Waals surface area contributed by atoms with E-state index in [1.165, 1.54) is 11.8 Å². The molecule has 0 aliphatic carbocycles. The number of allylic oxidation sites excluding steroid dienone is 1. The predicted octanol–water partition coefficient (Wildman–Crippen LogP) is 3.07. The molecule has 0 unspecified atom stereocenters. The van der Waals surface area contributed by atoms with Crippen LogP contribution in [0.2, 0.25) is 0 Å². The summed E-state index contributed by atoms with van der Waals surface area (Å²) >= 11 is 0. The van der Waals surface area contributed by atoms with E-state index in [1.807, 2.05) is 30.3 Å². The van der Waals surface area contributed by atoms with Crippen LogP contribution in [-0.4, -0.2) is 5.91 Å². The van der Waals surface area contributed by atoms with Crippen LogP contribution in [0.1, 0.15) is 12.5 Å². The molecule has 0 N–H and O–H groups in total. The van der Waals surface area contributed by atoms with Crippen molar-refractivity contribution in [3.63, 3.8) is 0 Å². The van der Waals surface area contributed by atoms with Crippen molar-refractivity contribution in [2.24, 2.45) is 0 Å². The first-order chi connectivity index (χ1) is 7.70. The van der Waals surface area contributed by atoms with E-state index in [4.69, 9.17) is 0 Å². The van der Waals surface area contributed by atoms with Crippen molar-refractivity contribution in [3.8, 4) is 0 Å². The number of carbonyl (C=O) groups is 1. The molecule has 0 fully saturated rings. The van der Waals surface area contributed by atoms with Crippen LogP contribution in [-0.2, 0) is 11.2 Å². The van der Waals surface area contributed by atoms with Crippen LogP contribution >= 0.6 is 0 Å². The summed E-state index contributed by atoms with van der Waals surface area (Å²) in [7, 11) is 0. The number of nitrogens with zero attached hydrogens (tertiary/aromatic N) is 1. The Labute approximate surface area is 96.2 Å². The van der Waals surface area contributed by atoms with Gasteiger partial charge in [-0.1, -0.05) is 30.9 Å². The van der Waals surface area contributed by atoms with E-state index in [9.17, 15) is 4.79 Å². The predicted molar refractivity (Wildman–Crippen MR) is 67.2 cm³/mol. The summed E-state index contributed by atoms with van der Waals surface area (Å²) in [4.78, 5) is 13.0. The first kappa shape index (κ1) is 12.0. The van der Waals surface area contributed by atoms with Gasteiger partial charge in [-0.2, -0.15) is 0 Å². The third kappa shape index (κ3) is 2.72. The van der Waals surface area contributed by atoms with E-state index < -0.39 is 0 Å². The van der Waals surface area contributed by atoms with Crippen LogP contribution in [0.4, 0.5) is 5.69 Å². The lowest BCUT2D eigenvalue weighted by Gasteiger charge is -2.18. The number of rotatable bonds is 4. The normalized spacial score (nSPS) is 9.06. The molecule has 1 rings (SSSR count). The van der Waals surface area contributed by atoms with Crippen LogP contribution in [0, 0.1) is 0 Å². The molecule has 82 valence electrons. The highest BCUT2D eigenvalue weighted by Crippen LogP contribution is 2.21. The van der Waals surface area contributed by atoms with Gasteiger partial charge in [0, 0.05) is 6.92 Å². The Kier molecular flexibility index (Phi) is 4.31. The Hall–Kier alpha value is -2.05. The van der Waals surface area contributed by atoms with Crippen molar-refractivity contribution in [1.29, 1.82) is 0 Å². The van der Waals surface area contributed by atoms with Crippen LogP contribution in [0.5, 0.6) is 0 Å². The van der Waals surface area contributed by atoms with Crippen LogP contribution in [0.3, 0.4) is 0 Å². The zero-order chi connectivity index (χ0) is 12.0. The average Bonchev–Trinajstić information content (AvgIpc) is 2.27. The van der Waals surface area contributed by atoms with Crippen molar-refractivity contribution < 1.29 is 4.79 Å².